The smallest absolute Gasteiger partial charge is 0.319 e. The Morgan fingerprint density at radius 3 is 2.21 bits per heavy atom. The zero-order valence-corrected chi connectivity index (χ0v) is 20.1. The number of nitrogens with one attached hydrogen (secondary N) is 1. The summed E-state index contributed by atoms with van der Waals surface area (Å²) in [6.45, 7) is 2.10. The van der Waals surface area contributed by atoms with Gasteiger partial charge in [0.1, 0.15) is 0 Å². The monoisotopic (exact) mass is 462 g/mol. The van der Waals surface area contributed by atoms with Crippen LogP contribution in [-0.4, -0.2) is 47.2 Å². The number of carbonyl (C=O) groups excluding carboxylic acids is 1. The topological polar surface area (TPSA) is 78.4 Å². The Balaban J connectivity index is 2.04. The van der Waals surface area contributed by atoms with Gasteiger partial charge in [0.25, 0.3) is 0 Å². The molecule has 0 spiro atoms. The normalized spacial score (nSPS) is 11.8. The van der Waals surface area contributed by atoms with Crippen LogP contribution in [0.4, 0.5) is 5.69 Å². The summed E-state index contributed by atoms with van der Waals surface area (Å²) >= 11 is 0. The molecule has 7 nitrogen and oxygen atoms in total. The van der Waals surface area contributed by atoms with Crippen LogP contribution in [0, 0.1) is 6.92 Å². The fourth-order valence-corrected chi connectivity index (χ4v) is 3.65. The molecule has 0 unspecified atom stereocenters. The van der Waals surface area contributed by atoms with Crippen LogP contribution in [0.5, 0.6) is 17.2 Å². The molecule has 1 atom stereocenters. The highest BCUT2D eigenvalue weighted by Crippen LogP contribution is 2.38. The van der Waals surface area contributed by atoms with Crippen LogP contribution < -0.4 is 19.5 Å². The lowest BCUT2D eigenvalue weighted by Gasteiger charge is -2.21. The van der Waals surface area contributed by atoms with Crippen molar-refractivity contribution < 1.29 is 23.7 Å². The summed E-state index contributed by atoms with van der Waals surface area (Å²) in [6.07, 6.45) is 1.75. The van der Waals surface area contributed by atoms with Crippen molar-refractivity contribution in [3.63, 3.8) is 0 Å². The Hall–Kier alpha value is -3.84. The van der Waals surface area contributed by atoms with E-state index in [9.17, 15) is 4.79 Å². The van der Waals surface area contributed by atoms with Crippen LogP contribution in [0.1, 0.15) is 28.3 Å². The van der Waals surface area contributed by atoms with Gasteiger partial charge in [0.15, 0.2) is 11.5 Å². The number of methoxy groups -OCH3 is 4. The molecule has 0 saturated carbocycles. The summed E-state index contributed by atoms with van der Waals surface area (Å²) in [6, 6.07) is 19.4. The second kappa shape index (κ2) is 11.9. The average molecular weight is 463 g/mol. The standard InChI is InChI=1S/C27H30N2O5/c1-18-11-12-22(28-16-19-14-23(31-2)27(34-5)24(15-19)32-3)21(13-18)26(29-17-25(30)33-4)20-9-7-6-8-10-20/h6-16,26,29H,17H2,1-5H3/t26-/m1/s1. The predicted molar refractivity (Wildman–Crippen MR) is 133 cm³/mol. The zero-order valence-electron chi connectivity index (χ0n) is 20.1. The summed E-state index contributed by atoms with van der Waals surface area (Å²) in [4.78, 5) is 16.7. The Morgan fingerprint density at radius 2 is 1.62 bits per heavy atom. The lowest BCUT2D eigenvalue weighted by atomic mass is 9.95. The SMILES string of the molecule is COC(=O)CN[C@H](c1ccccc1)c1cc(C)ccc1N=Cc1cc(OC)c(OC)c(OC)c1. The number of esters is 1. The van der Waals surface area contributed by atoms with Gasteiger partial charge >= 0.3 is 5.97 Å². The van der Waals surface area contributed by atoms with Crippen molar-refractivity contribution >= 4 is 17.9 Å². The molecule has 7 heteroatoms. The number of carbonyl (C=O) groups is 1. The van der Waals surface area contributed by atoms with Crippen molar-refractivity contribution in [2.75, 3.05) is 35.0 Å². The number of rotatable bonds is 10. The van der Waals surface area contributed by atoms with Crippen LogP contribution in [0.15, 0.2) is 65.7 Å². The van der Waals surface area contributed by atoms with Crippen LogP contribution in [-0.2, 0) is 9.53 Å². The van der Waals surface area contributed by atoms with Gasteiger partial charge in [-0.15, -0.1) is 0 Å². The molecule has 0 fully saturated rings. The number of aliphatic imine (C=N–C) groups is 1. The lowest BCUT2D eigenvalue weighted by molar-refractivity contribution is -0.139. The molecule has 0 aliphatic heterocycles. The third-order valence-corrected chi connectivity index (χ3v) is 5.34. The van der Waals surface area contributed by atoms with Gasteiger partial charge in [0.05, 0.1) is 46.7 Å². The van der Waals surface area contributed by atoms with Crippen molar-refractivity contribution in [2.24, 2.45) is 4.99 Å². The molecule has 0 aromatic heterocycles. The maximum atomic E-state index is 11.9. The molecule has 1 N–H and O–H groups in total. The third-order valence-electron chi connectivity index (χ3n) is 5.34. The van der Waals surface area contributed by atoms with Crippen LogP contribution in [0.3, 0.4) is 0 Å². The van der Waals surface area contributed by atoms with E-state index < -0.39 is 0 Å². The maximum absolute atomic E-state index is 11.9. The Labute approximate surface area is 200 Å². The van der Waals surface area contributed by atoms with E-state index in [4.69, 9.17) is 23.9 Å². The minimum absolute atomic E-state index is 0.0695. The number of aryl methyl sites for hydroxylation is 1. The summed E-state index contributed by atoms with van der Waals surface area (Å²) in [5, 5.41) is 3.32. The minimum Gasteiger partial charge on any atom is -0.493 e. The van der Waals surface area contributed by atoms with Crippen molar-refractivity contribution in [1.29, 1.82) is 0 Å². The summed E-state index contributed by atoms with van der Waals surface area (Å²) in [7, 11) is 6.10. The van der Waals surface area contributed by atoms with E-state index in [1.807, 2.05) is 61.5 Å². The second-order valence-corrected chi connectivity index (χ2v) is 7.58. The number of nitrogens with zero attached hydrogens (tertiary/aromatic N) is 1. The first kappa shape index (κ1) is 24.8. The largest absolute Gasteiger partial charge is 0.493 e. The quantitative estimate of drug-likeness (QED) is 0.350. The molecule has 0 amide bonds. The summed E-state index contributed by atoms with van der Waals surface area (Å²) < 4.78 is 21.1. The Morgan fingerprint density at radius 1 is 0.941 bits per heavy atom. The molecular weight excluding hydrogens is 432 g/mol. The van der Waals surface area contributed by atoms with Gasteiger partial charge in [-0.3, -0.25) is 15.1 Å². The molecule has 3 aromatic rings. The number of benzene rings is 3. The first-order chi connectivity index (χ1) is 16.5. The number of hydrogen-bond acceptors (Lipinski definition) is 7. The van der Waals surface area contributed by atoms with E-state index in [1.54, 1.807) is 27.5 Å². The van der Waals surface area contributed by atoms with Crippen molar-refractivity contribution in [3.8, 4) is 17.2 Å². The highest BCUT2D eigenvalue weighted by atomic mass is 16.5. The van der Waals surface area contributed by atoms with E-state index in [2.05, 4.69) is 11.4 Å². The van der Waals surface area contributed by atoms with E-state index >= 15 is 0 Å². The fourth-order valence-electron chi connectivity index (χ4n) is 3.65. The Bertz CT molecular complexity index is 1120. The second-order valence-electron chi connectivity index (χ2n) is 7.58. The number of hydrogen-bond donors (Lipinski definition) is 1. The van der Waals surface area contributed by atoms with Crippen LogP contribution in [0.25, 0.3) is 0 Å². The highest BCUT2D eigenvalue weighted by Gasteiger charge is 2.19. The Kier molecular flexibility index (Phi) is 8.65. The van der Waals surface area contributed by atoms with Gasteiger partial charge in [0.2, 0.25) is 5.75 Å². The average Bonchev–Trinajstić information content (AvgIpc) is 2.87. The fraction of sp³-hybridized carbons (Fsp3) is 0.259. The maximum Gasteiger partial charge on any atom is 0.319 e. The molecule has 178 valence electrons. The molecule has 3 aromatic carbocycles. The van der Waals surface area contributed by atoms with Gasteiger partial charge in [-0.25, -0.2) is 0 Å². The molecule has 0 aliphatic rings. The molecule has 34 heavy (non-hydrogen) atoms. The molecule has 0 heterocycles. The van der Waals surface area contributed by atoms with E-state index in [-0.39, 0.29) is 18.6 Å². The van der Waals surface area contributed by atoms with Gasteiger partial charge in [-0.2, -0.15) is 0 Å². The summed E-state index contributed by atoms with van der Waals surface area (Å²) in [5.74, 6) is 1.29. The molecular formula is C27H30N2O5. The van der Waals surface area contributed by atoms with E-state index in [0.717, 1.165) is 27.9 Å². The molecule has 0 aliphatic carbocycles. The highest BCUT2D eigenvalue weighted by molar-refractivity contribution is 5.85. The van der Waals surface area contributed by atoms with Gasteiger partial charge in [-0.1, -0.05) is 48.0 Å². The van der Waals surface area contributed by atoms with Gasteiger partial charge < -0.3 is 18.9 Å². The van der Waals surface area contributed by atoms with E-state index in [1.165, 1.54) is 7.11 Å². The van der Waals surface area contributed by atoms with Crippen molar-refractivity contribution in [2.45, 2.75) is 13.0 Å². The van der Waals surface area contributed by atoms with Crippen molar-refractivity contribution in [1.82, 2.24) is 5.32 Å². The van der Waals surface area contributed by atoms with Crippen LogP contribution in [0.2, 0.25) is 0 Å². The van der Waals surface area contributed by atoms with Gasteiger partial charge in [-0.05, 0) is 36.2 Å². The molecule has 3 rings (SSSR count). The zero-order chi connectivity index (χ0) is 24.5. The lowest BCUT2D eigenvalue weighted by Crippen LogP contribution is -2.29. The minimum atomic E-state index is -0.337. The third kappa shape index (κ3) is 5.94. The first-order valence-corrected chi connectivity index (χ1v) is 10.8. The van der Waals surface area contributed by atoms with Crippen molar-refractivity contribution in [3.05, 3.63) is 82.9 Å². The predicted octanol–water partition coefficient (Wildman–Crippen LogP) is 4.62. The molecule has 0 saturated heterocycles. The van der Waals surface area contributed by atoms with Gasteiger partial charge in [0, 0.05) is 11.8 Å². The van der Waals surface area contributed by atoms with Crippen LogP contribution >= 0.6 is 0 Å². The van der Waals surface area contributed by atoms with E-state index in [0.29, 0.717) is 17.2 Å². The number of ether oxygens (including phenoxy) is 4. The summed E-state index contributed by atoms with van der Waals surface area (Å²) in [5.41, 5.74) is 4.60. The molecule has 0 radical (unpaired) electrons. The molecule has 0 bridgehead atoms. The first-order valence-electron chi connectivity index (χ1n) is 10.8.